The summed E-state index contributed by atoms with van der Waals surface area (Å²) in [5.41, 5.74) is 0.709. The Morgan fingerprint density at radius 3 is 2.00 bits per heavy atom. The monoisotopic (exact) mass is 268 g/mol. The van der Waals surface area contributed by atoms with E-state index in [0.29, 0.717) is 5.57 Å². The summed E-state index contributed by atoms with van der Waals surface area (Å²) in [6.07, 6.45) is 0.728. The maximum Gasteiger partial charge on any atom is 0.224 e. The molecule has 0 rings (SSSR count). The molecule has 2 atom stereocenters. The first kappa shape index (κ1) is 18.0. The molecule has 0 saturated carbocycles. The van der Waals surface area contributed by atoms with E-state index in [1.165, 1.54) is 0 Å². The van der Waals surface area contributed by atoms with Gasteiger partial charge in [0.15, 0.2) is 0 Å². The molecule has 0 aliphatic carbocycles. The summed E-state index contributed by atoms with van der Waals surface area (Å²) in [5, 5.41) is 0. The fraction of sp³-hybridized carbons (Fsp3) is 0.750. The van der Waals surface area contributed by atoms with E-state index in [0.717, 1.165) is 12.0 Å². The summed E-state index contributed by atoms with van der Waals surface area (Å²) < 4.78 is 5.20. The zero-order valence-corrected chi connectivity index (χ0v) is 13.6. The number of hydrogen-bond donors (Lipinski definition) is 0. The minimum absolute atomic E-state index is 0.150. The van der Waals surface area contributed by atoms with Gasteiger partial charge in [-0.2, -0.15) is 0 Å². The molecule has 0 saturated heterocycles. The molecular weight excluding hydrogens is 240 g/mol. The van der Waals surface area contributed by atoms with Crippen LogP contribution in [0.5, 0.6) is 0 Å². The van der Waals surface area contributed by atoms with E-state index in [1.54, 1.807) is 14.0 Å². The number of carbonyl (C=O) groups is 2. The Bertz CT molecular complexity index is 377. The predicted molar refractivity (Wildman–Crippen MR) is 78.1 cm³/mol. The molecule has 3 nitrogen and oxygen atoms in total. The molecule has 0 aromatic rings. The van der Waals surface area contributed by atoms with Crippen molar-refractivity contribution >= 4 is 11.6 Å². The van der Waals surface area contributed by atoms with E-state index in [2.05, 4.69) is 0 Å². The third kappa shape index (κ3) is 4.00. The fourth-order valence-corrected chi connectivity index (χ4v) is 1.86. The van der Waals surface area contributed by atoms with Crippen LogP contribution in [0.2, 0.25) is 0 Å². The van der Waals surface area contributed by atoms with Crippen molar-refractivity contribution in [2.45, 2.75) is 61.0 Å². The minimum atomic E-state index is -0.621. The summed E-state index contributed by atoms with van der Waals surface area (Å²) in [6, 6.07) is 0. The van der Waals surface area contributed by atoms with Gasteiger partial charge in [-0.3, -0.25) is 9.59 Å². The molecule has 0 N–H and O–H groups in total. The SMILES string of the molecule is CC[C@@H](C)C(C)(C)C(=O)C(=O)/C(C)=C(\C)[C@H](C)OC. The number of ether oxygens (including phenoxy) is 1. The van der Waals surface area contributed by atoms with Gasteiger partial charge in [0.05, 0.1) is 6.10 Å². The smallest absolute Gasteiger partial charge is 0.224 e. The van der Waals surface area contributed by atoms with Crippen molar-refractivity contribution in [3.05, 3.63) is 11.1 Å². The lowest BCUT2D eigenvalue weighted by Crippen LogP contribution is -2.37. The van der Waals surface area contributed by atoms with Crippen LogP contribution < -0.4 is 0 Å². The second-order valence-electron chi connectivity index (χ2n) is 5.88. The third-order valence-corrected chi connectivity index (χ3v) is 4.53. The zero-order chi connectivity index (χ0) is 15.4. The molecule has 0 heterocycles. The highest BCUT2D eigenvalue weighted by Gasteiger charge is 2.37. The van der Waals surface area contributed by atoms with Crippen molar-refractivity contribution in [1.29, 1.82) is 0 Å². The lowest BCUT2D eigenvalue weighted by molar-refractivity contribution is -0.141. The van der Waals surface area contributed by atoms with Crippen molar-refractivity contribution in [2.75, 3.05) is 7.11 Å². The minimum Gasteiger partial charge on any atom is -0.377 e. The van der Waals surface area contributed by atoms with Crippen molar-refractivity contribution in [3.63, 3.8) is 0 Å². The van der Waals surface area contributed by atoms with E-state index in [9.17, 15) is 9.59 Å². The van der Waals surface area contributed by atoms with Gasteiger partial charge in [0.25, 0.3) is 0 Å². The highest BCUT2D eigenvalue weighted by molar-refractivity contribution is 6.45. The van der Waals surface area contributed by atoms with Crippen LogP contribution in [-0.2, 0) is 14.3 Å². The molecule has 0 aliphatic rings. The van der Waals surface area contributed by atoms with E-state index in [-0.39, 0.29) is 23.6 Å². The van der Waals surface area contributed by atoms with Crippen LogP contribution in [0.4, 0.5) is 0 Å². The average Bonchev–Trinajstić information content (AvgIpc) is 2.41. The second kappa shape index (κ2) is 6.99. The number of Topliss-reactive ketones (excluding diaryl/α,β-unsaturated/α-hetero) is 2. The standard InChI is InChI=1S/C16H28O3/c1-9-10(2)16(6,7)15(18)14(17)12(4)11(3)13(5)19-8/h10,13H,9H2,1-8H3/b12-11+/t10-,13+/m1/s1. The Morgan fingerprint density at radius 2 is 1.63 bits per heavy atom. The van der Waals surface area contributed by atoms with E-state index in [1.807, 2.05) is 41.5 Å². The number of allylic oxidation sites excluding steroid dienone is 1. The first-order valence-corrected chi connectivity index (χ1v) is 6.90. The van der Waals surface area contributed by atoms with Crippen molar-refractivity contribution < 1.29 is 14.3 Å². The Morgan fingerprint density at radius 1 is 1.16 bits per heavy atom. The fourth-order valence-electron chi connectivity index (χ4n) is 1.86. The Labute approximate surface area is 117 Å². The summed E-state index contributed by atoms with van der Waals surface area (Å²) in [5.74, 6) is -0.509. The molecule has 0 unspecified atom stereocenters. The van der Waals surface area contributed by atoms with Gasteiger partial charge in [0.2, 0.25) is 11.6 Å². The lowest BCUT2D eigenvalue weighted by Gasteiger charge is -2.29. The Balaban J connectivity index is 5.29. The molecule has 0 fully saturated rings. The van der Waals surface area contributed by atoms with Crippen LogP contribution >= 0.6 is 0 Å². The van der Waals surface area contributed by atoms with Crippen LogP contribution in [0.1, 0.15) is 54.9 Å². The highest BCUT2D eigenvalue weighted by atomic mass is 16.5. The lowest BCUT2D eigenvalue weighted by atomic mass is 9.73. The highest BCUT2D eigenvalue weighted by Crippen LogP contribution is 2.31. The Hall–Kier alpha value is -0.960. The topological polar surface area (TPSA) is 43.4 Å². The summed E-state index contributed by atoms with van der Waals surface area (Å²) in [4.78, 5) is 24.7. The normalized spacial score (nSPS) is 16.6. The molecule has 0 aromatic heterocycles. The number of carbonyl (C=O) groups excluding carboxylic acids is 2. The molecule has 0 aromatic carbocycles. The zero-order valence-electron chi connectivity index (χ0n) is 13.6. The second-order valence-corrected chi connectivity index (χ2v) is 5.88. The summed E-state index contributed by atoms with van der Waals surface area (Å²) >= 11 is 0. The predicted octanol–water partition coefficient (Wildman–Crippen LogP) is 3.57. The molecule has 19 heavy (non-hydrogen) atoms. The van der Waals surface area contributed by atoms with Gasteiger partial charge < -0.3 is 4.74 Å². The number of rotatable bonds is 7. The molecule has 0 bridgehead atoms. The van der Waals surface area contributed by atoms with Crippen LogP contribution in [0, 0.1) is 11.3 Å². The van der Waals surface area contributed by atoms with E-state index >= 15 is 0 Å². The average molecular weight is 268 g/mol. The van der Waals surface area contributed by atoms with Crippen LogP contribution in [-0.4, -0.2) is 24.8 Å². The van der Waals surface area contributed by atoms with Gasteiger partial charge in [-0.05, 0) is 32.3 Å². The number of methoxy groups -OCH3 is 1. The molecule has 110 valence electrons. The maximum atomic E-state index is 12.4. The molecule has 0 amide bonds. The maximum absolute atomic E-state index is 12.4. The van der Waals surface area contributed by atoms with Crippen LogP contribution in [0.3, 0.4) is 0 Å². The molecule has 3 heteroatoms. The van der Waals surface area contributed by atoms with Gasteiger partial charge >= 0.3 is 0 Å². The van der Waals surface area contributed by atoms with Crippen molar-refractivity contribution in [2.24, 2.45) is 11.3 Å². The molecule has 0 aliphatic heterocycles. The van der Waals surface area contributed by atoms with E-state index in [4.69, 9.17) is 4.74 Å². The third-order valence-electron chi connectivity index (χ3n) is 4.53. The van der Waals surface area contributed by atoms with Gasteiger partial charge in [0.1, 0.15) is 0 Å². The van der Waals surface area contributed by atoms with Gasteiger partial charge in [-0.15, -0.1) is 0 Å². The summed E-state index contributed by atoms with van der Waals surface area (Å²) in [7, 11) is 1.59. The number of hydrogen-bond acceptors (Lipinski definition) is 3. The van der Waals surface area contributed by atoms with Gasteiger partial charge in [0, 0.05) is 18.1 Å². The van der Waals surface area contributed by atoms with Gasteiger partial charge in [-0.25, -0.2) is 0 Å². The van der Waals surface area contributed by atoms with Crippen molar-refractivity contribution in [1.82, 2.24) is 0 Å². The first-order valence-electron chi connectivity index (χ1n) is 6.90. The van der Waals surface area contributed by atoms with Crippen LogP contribution in [0.25, 0.3) is 0 Å². The molecule has 0 spiro atoms. The van der Waals surface area contributed by atoms with E-state index < -0.39 is 5.41 Å². The van der Waals surface area contributed by atoms with Crippen LogP contribution in [0.15, 0.2) is 11.1 Å². The van der Waals surface area contributed by atoms with Crippen molar-refractivity contribution in [3.8, 4) is 0 Å². The molecule has 0 radical (unpaired) electrons. The largest absolute Gasteiger partial charge is 0.377 e. The van der Waals surface area contributed by atoms with Gasteiger partial charge in [-0.1, -0.05) is 34.1 Å². The number of ketones is 2. The Kier molecular flexibility index (Phi) is 6.64. The summed E-state index contributed by atoms with van der Waals surface area (Å²) in [6.45, 7) is 13.2. The first-order chi connectivity index (χ1) is 8.61. The molecular formula is C16H28O3. The quantitative estimate of drug-likeness (QED) is 0.523.